The fraction of sp³-hybridized carbons (Fsp3) is 0.286. The minimum atomic E-state index is -0.307. The first-order chi connectivity index (χ1) is 9.50. The fourth-order valence-corrected chi connectivity index (χ4v) is 1.80. The monoisotopic (exact) mass is 290 g/mol. The predicted molar refractivity (Wildman–Crippen MR) is 78.1 cm³/mol. The lowest BCUT2D eigenvalue weighted by molar-refractivity contribution is 0.0987. The normalized spacial score (nSPS) is 10.7. The summed E-state index contributed by atoms with van der Waals surface area (Å²) in [5, 5.41) is 0.238. The Morgan fingerprint density at radius 3 is 2.65 bits per heavy atom. The minimum absolute atomic E-state index is 0.124. The molecule has 0 radical (unpaired) electrons. The number of rotatable bonds is 3. The topological polar surface area (TPSA) is 59.0 Å². The standard InChI is InChI=1S/C14H15ClN4O/c1-9(2)13-17-8-10(15)12(18-13)14(20)19(3)11-6-4-5-7-16-11/h4-9H,1-3H3. The molecule has 2 rings (SSSR count). The number of hydrogen-bond donors (Lipinski definition) is 0. The smallest absolute Gasteiger partial charge is 0.279 e. The van der Waals surface area contributed by atoms with Gasteiger partial charge < -0.3 is 0 Å². The van der Waals surface area contributed by atoms with Crippen LogP contribution in [0.1, 0.15) is 36.1 Å². The van der Waals surface area contributed by atoms with Crippen molar-refractivity contribution in [3.63, 3.8) is 0 Å². The van der Waals surface area contributed by atoms with Gasteiger partial charge in [-0.2, -0.15) is 0 Å². The van der Waals surface area contributed by atoms with Crippen molar-refractivity contribution in [1.29, 1.82) is 0 Å². The molecule has 0 fully saturated rings. The average molecular weight is 291 g/mol. The van der Waals surface area contributed by atoms with Gasteiger partial charge in [0.05, 0.1) is 11.2 Å². The lowest BCUT2D eigenvalue weighted by atomic mass is 10.2. The van der Waals surface area contributed by atoms with Gasteiger partial charge in [0.25, 0.3) is 5.91 Å². The number of pyridine rings is 1. The minimum Gasteiger partial charge on any atom is -0.294 e. The van der Waals surface area contributed by atoms with Crippen LogP contribution in [-0.2, 0) is 0 Å². The van der Waals surface area contributed by atoms with E-state index in [2.05, 4.69) is 15.0 Å². The van der Waals surface area contributed by atoms with E-state index in [-0.39, 0.29) is 22.5 Å². The molecule has 1 amide bonds. The zero-order chi connectivity index (χ0) is 14.7. The van der Waals surface area contributed by atoms with Gasteiger partial charge in [0.2, 0.25) is 0 Å². The van der Waals surface area contributed by atoms with Gasteiger partial charge in [-0.3, -0.25) is 9.69 Å². The Balaban J connectivity index is 2.36. The van der Waals surface area contributed by atoms with Crippen LogP contribution in [0.4, 0.5) is 5.82 Å². The fourth-order valence-electron chi connectivity index (χ4n) is 1.62. The maximum Gasteiger partial charge on any atom is 0.279 e. The van der Waals surface area contributed by atoms with Crippen molar-refractivity contribution in [1.82, 2.24) is 15.0 Å². The molecule has 0 atom stereocenters. The van der Waals surface area contributed by atoms with E-state index in [0.29, 0.717) is 11.6 Å². The van der Waals surface area contributed by atoms with E-state index in [9.17, 15) is 4.79 Å². The zero-order valence-corrected chi connectivity index (χ0v) is 12.3. The van der Waals surface area contributed by atoms with Gasteiger partial charge in [0.1, 0.15) is 11.6 Å². The number of carbonyl (C=O) groups excluding carboxylic acids is 1. The first-order valence-corrected chi connectivity index (χ1v) is 6.60. The molecule has 0 saturated carbocycles. The molecule has 2 heterocycles. The van der Waals surface area contributed by atoms with Gasteiger partial charge >= 0.3 is 0 Å². The highest BCUT2D eigenvalue weighted by Gasteiger charge is 2.20. The molecule has 0 aliphatic rings. The first-order valence-electron chi connectivity index (χ1n) is 6.22. The molecule has 5 nitrogen and oxygen atoms in total. The molecule has 0 aromatic carbocycles. The molecule has 104 valence electrons. The van der Waals surface area contributed by atoms with Gasteiger partial charge in [-0.05, 0) is 12.1 Å². The number of halogens is 1. The van der Waals surface area contributed by atoms with Crippen molar-refractivity contribution in [2.75, 3.05) is 11.9 Å². The summed E-state index contributed by atoms with van der Waals surface area (Å²) in [7, 11) is 1.64. The van der Waals surface area contributed by atoms with Crippen molar-refractivity contribution >= 4 is 23.3 Å². The highest BCUT2D eigenvalue weighted by atomic mass is 35.5. The molecule has 0 bridgehead atoms. The molecule has 2 aromatic rings. The number of carbonyl (C=O) groups is 1. The van der Waals surface area contributed by atoms with E-state index in [1.54, 1.807) is 25.4 Å². The molecule has 0 unspecified atom stereocenters. The molecule has 0 spiro atoms. The Morgan fingerprint density at radius 1 is 1.30 bits per heavy atom. The molecule has 0 saturated heterocycles. The third-order valence-corrected chi connectivity index (χ3v) is 3.06. The number of nitrogens with zero attached hydrogens (tertiary/aromatic N) is 4. The summed E-state index contributed by atoms with van der Waals surface area (Å²) >= 11 is 6.03. The lowest BCUT2D eigenvalue weighted by Gasteiger charge is -2.16. The Hall–Kier alpha value is -2.01. The number of aromatic nitrogens is 3. The second-order valence-electron chi connectivity index (χ2n) is 4.63. The Kier molecular flexibility index (Phi) is 4.29. The summed E-state index contributed by atoms with van der Waals surface area (Å²) in [4.78, 5) is 26.4. The maximum absolute atomic E-state index is 12.5. The largest absolute Gasteiger partial charge is 0.294 e. The van der Waals surface area contributed by atoms with Gasteiger partial charge in [-0.25, -0.2) is 15.0 Å². The number of anilines is 1. The Bertz CT molecular complexity index is 616. The van der Waals surface area contributed by atoms with Crippen molar-refractivity contribution in [2.24, 2.45) is 0 Å². The van der Waals surface area contributed by atoms with E-state index in [4.69, 9.17) is 11.6 Å². The quantitative estimate of drug-likeness (QED) is 0.872. The molecule has 2 aromatic heterocycles. The van der Waals surface area contributed by atoms with Crippen molar-refractivity contribution in [2.45, 2.75) is 19.8 Å². The zero-order valence-electron chi connectivity index (χ0n) is 11.5. The van der Waals surface area contributed by atoms with Gasteiger partial charge in [0, 0.05) is 19.2 Å². The van der Waals surface area contributed by atoms with Gasteiger partial charge in [0.15, 0.2) is 5.69 Å². The summed E-state index contributed by atoms with van der Waals surface area (Å²) in [6, 6.07) is 5.35. The predicted octanol–water partition coefficient (Wildman–Crippen LogP) is 2.93. The third kappa shape index (κ3) is 2.93. The number of hydrogen-bond acceptors (Lipinski definition) is 4. The van der Waals surface area contributed by atoms with E-state index in [0.717, 1.165) is 0 Å². The lowest BCUT2D eigenvalue weighted by Crippen LogP contribution is -2.28. The molecule has 0 aliphatic heterocycles. The van der Waals surface area contributed by atoms with Gasteiger partial charge in [-0.1, -0.05) is 31.5 Å². The highest BCUT2D eigenvalue weighted by Crippen LogP contribution is 2.19. The first kappa shape index (κ1) is 14.4. The summed E-state index contributed by atoms with van der Waals surface area (Å²) in [6.07, 6.45) is 3.09. The summed E-state index contributed by atoms with van der Waals surface area (Å²) in [6.45, 7) is 3.92. The van der Waals surface area contributed by atoms with Crippen LogP contribution in [0.25, 0.3) is 0 Å². The molecular weight excluding hydrogens is 276 g/mol. The van der Waals surface area contributed by atoms with E-state index in [1.807, 2.05) is 19.9 Å². The summed E-state index contributed by atoms with van der Waals surface area (Å²) in [5.74, 6) is 0.947. The maximum atomic E-state index is 12.5. The highest BCUT2D eigenvalue weighted by molar-refractivity contribution is 6.34. The van der Waals surface area contributed by atoms with Crippen molar-refractivity contribution < 1.29 is 4.79 Å². The second-order valence-corrected chi connectivity index (χ2v) is 5.04. The summed E-state index contributed by atoms with van der Waals surface area (Å²) in [5.41, 5.74) is 0.193. The van der Waals surface area contributed by atoms with Crippen LogP contribution in [0.5, 0.6) is 0 Å². The van der Waals surface area contributed by atoms with Crippen LogP contribution in [-0.4, -0.2) is 27.9 Å². The molecule has 0 N–H and O–H groups in total. The Morgan fingerprint density at radius 2 is 2.05 bits per heavy atom. The number of amides is 1. The summed E-state index contributed by atoms with van der Waals surface area (Å²) < 4.78 is 0. The molecule has 0 aliphatic carbocycles. The van der Waals surface area contributed by atoms with Crippen molar-refractivity contribution in [3.8, 4) is 0 Å². The molecule has 20 heavy (non-hydrogen) atoms. The van der Waals surface area contributed by atoms with Crippen LogP contribution in [0.3, 0.4) is 0 Å². The third-order valence-electron chi connectivity index (χ3n) is 2.78. The van der Waals surface area contributed by atoms with Crippen LogP contribution < -0.4 is 4.90 Å². The van der Waals surface area contributed by atoms with E-state index >= 15 is 0 Å². The van der Waals surface area contributed by atoms with Crippen LogP contribution in [0.15, 0.2) is 30.6 Å². The van der Waals surface area contributed by atoms with E-state index < -0.39 is 0 Å². The average Bonchev–Trinajstić information content (AvgIpc) is 2.47. The van der Waals surface area contributed by atoms with Crippen LogP contribution in [0, 0.1) is 0 Å². The van der Waals surface area contributed by atoms with Crippen molar-refractivity contribution in [3.05, 3.63) is 47.1 Å². The molecule has 6 heteroatoms. The van der Waals surface area contributed by atoms with Crippen LogP contribution in [0.2, 0.25) is 5.02 Å². The molecular formula is C14H15ClN4O. The second kappa shape index (κ2) is 5.96. The Labute approximate surface area is 122 Å². The van der Waals surface area contributed by atoms with Crippen LogP contribution >= 0.6 is 11.6 Å². The van der Waals surface area contributed by atoms with Gasteiger partial charge in [-0.15, -0.1) is 0 Å². The SMILES string of the molecule is CC(C)c1ncc(Cl)c(C(=O)N(C)c2ccccn2)n1. The van der Waals surface area contributed by atoms with E-state index in [1.165, 1.54) is 11.1 Å².